The molecule has 7 atom stereocenters. The third kappa shape index (κ3) is 4.33. The molecule has 2 amide bonds. The van der Waals surface area contributed by atoms with Gasteiger partial charge in [-0.3, -0.25) is 14.4 Å². The van der Waals surface area contributed by atoms with E-state index in [0.29, 0.717) is 13.1 Å². The Labute approximate surface area is 202 Å². The minimum absolute atomic E-state index is 0.00452. The second-order valence-electron chi connectivity index (χ2n) is 9.62. The van der Waals surface area contributed by atoms with Crippen molar-refractivity contribution in [3.8, 4) is 0 Å². The van der Waals surface area contributed by atoms with Crippen LogP contribution in [0, 0.1) is 17.8 Å². The molecule has 3 aliphatic heterocycles. The Morgan fingerprint density at radius 1 is 1.39 bits per heavy atom. The van der Waals surface area contributed by atoms with Crippen LogP contribution in [0.1, 0.15) is 59.8 Å². The fourth-order valence-electron chi connectivity index (χ4n) is 6.02. The van der Waals surface area contributed by atoms with Crippen molar-refractivity contribution in [3.63, 3.8) is 0 Å². The Hall–Kier alpha value is -1.54. The number of fused-ring (bicyclic) bond motifs is 1. The normalized spacial score (nSPS) is 31.9. The van der Waals surface area contributed by atoms with Crippen molar-refractivity contribution in [2.24, 2.45) is 17.8 Å². The van der Waals surface area contributed by atoms with Crippen LogP contribution in [0.25, 0.3) is 0 Å². The highest BCUT2D eigenvalue weighted by Gasteiger charge is 2.74. The van der Waals surface area contributed by atoms with Crippen LogP contribution >= 0.6 is 11.8 Å². The number of esters is 1. The summed E-state index contributed by atoms with van der Waals surface area (Å²) in [4.78, 5) is 44.6. The molecule has 8 heteroatoms. The predicted molar refractivity (Wildman–Crippen MR) is 130 cm³/mol. The van der Waals surface area contributed by atoms with Crippen molar-refractivity contribution in [3.05, 3.63) is 12.7 Å². The average molecular weight is 481 g/mol. The van der Waals surface area contributed by atoms with E-state index in [1.807, 2.05) is 13.8 Å². The summed E-state index contributed by atoms with van der Waals surface area (Å²) >= 11 is 1.64. The second-order valence-corrected chi connectivity index (χ2v) is 11.2. The van der Waals surface area contributed by atoms with E-state index in [1.54, 1.807) is 34.6 Å². The topological polar surface area (TPSA) is 87.2 Å². The number of aliphatic hydroxyl groups is 1. The number of aliphatic hydroxyl groups excluding tert-OH is 1. The van der Waals surface area contributed by atoms with Gasteiger partial charge >= 0.3 is 5.97 Å². The Balaban J connectivity index is 2.08. The lowest BCUT2D eigenvalue weighted by Crippen LogP contribution is -2.58. The van der Waals surface area contributed by atoms with Crippen LogP contribution in [0.4, 0.5) is 0 Å². The van der Waals surface area contributed by atoms with E-state index in [1.165, 1.54) is 0 Å². The lowest BCUT2D eigenvalue weighted by atomic mass is 9.71. The highest BCUT2D eigenvalue weighted by Crippen LogP contribution is 2.67. The standard InChI is InChI=1S/C25H40N2O5S/c1-6-10-14-26(13-7-2)23(30)21-25-12-11-18(33-25)19(24(31)32-9-4)20(25)22(29)27(21)17(15-28)16(5)8-3/h7,16-21,28H,2,6,8-15H2,1,3-5H3/t16-,17-,18-,19+,20-,21?,25?/m0/s1. The molecule has 0 saturated carbocycles. The maximum absolute atomic E-state index is 14.1. The largest absolute Gasteiger partial charge is 0.466 e. The number of hydrogen-bond acceptors (Lipinski definition) is 6. The minimum atomic E-state index is -0.688. The van der Waals surface area contributed by atoms with Gasteiger partial charge in [-0.2, -0.15) is 0 Å². The molecule has 3 fully saturated rings. The molecule has 0 aromatic heterocycles. The first-order valence-electron chi connectivity index (χ1n) is 12.5. The molecule has 186 valence electrons. The fourth-order valence-corrected chi connectivity index (χ4v) is 8.20. The zero-order valence-electron chi connectivity index (χ0n) is 20.5. The fraction of sp³-hybridized carbons (Fsp3) is 0.800. The molecule has 1 spiro atoms. The summed E-state index contributed by atoms with van der Waals surface area (Å²) in [5.41, 5.74) is 0. The molecular weight excluding hydrogens is 440 g/mol. The molecule has 0 aromatic carbocycles. The molecule has 3 saturated heterocycles. The molecule has 3 rings (SSSR count). The Bertz CT molecular complexity index is 761. The number of unbranched alkanes of at least 4 members (excludes halogenated alkanes) is 1. The maximum Gasteiger partial charge on any atom is 0.310 e. The summed E-state index contributed by atoms with van der Waals surface area (Å²) in [5.74, 6) is -1.68. The van der Waals surface area contributed by atoms with E-state index >= 15 is 0 Å². The van der Waals surface area contributed by atoms with Crippen molar-refractivity contribution < 1.29 is 24.2 Å². The number of amides is 2. The first kappa shape index (κ1) is 26.1. The van der Waals surface area contributed by atoms with Crippen molar-refractivity contribution >= 4 is 29.5 Å². The van der Waals surface area contributed by atoms with Gasteiger partial charge in [-0.15, -0.1) is 18.3 Å². The Morgan fingerprint density at radius 2 is 2.12 bits per heavy atom. The molecule has 0 radical (unpaired) electrons. The minimum Gasteiger partial charge on any atom is -0.466 e. The summed E-state index contributed by atoms with van der Waals surface area (Å²) in [6.45, 7) is 12.8. The van der Waals surface area contributed by atoms with E-state index in [4.69, 9.17) is 4.74 Å². The summed E-state index contributed by atoms with van der Waals surface area (Å²) in [7, 11) is 0. The third-order valence-electron chi connectivity index (χ3n) is 7.82. The molecular formula is C25H40N2O5S. The number of nitrogens with zero attached hydrogens (tertiary/aromatic N) is 2. The Morgan fingerprint density at radius 3 is 2.70 bits per heavy atom. The third-order valence-corrected chi connectivity index (χ3v) is 9.77. The van der Waals surface area contributed by atoms with Gasteiger partial charge in [0.2, 0.25) is 11.8 Å². The number of thioether (sulfide) groups is 1. The van der Waals surface area contributed by atoms with Gasteiger partial charge in [-0.25, -0.2) is 0 Å². The Kier molecular flexibility index (Phi) is 8.54. The van der Waals surface area contributed by atoms with Gasteiger partial charge in [0, 0.05) is 18.3 Å². The van der Waals surface area contributed by atoms with Gasteiger partial charge in [0.25, 0.3) is 0 Å². The quantitative estimate of drug-likeness (QED) is 0.341. The van der Waals surface area contributed by atoms with Gasteiger partial charge in [0.1, 0.15) is 6.04 Å². The van der Waals surface area contributed by atoms with Crippen molar-refractivity contribution in [2.75, 3.05) is 26.3 Å². The first-order valence-corrected chi connectivity index (χ1v) is 13.4. The number of ether oxygens (including phenoxy) is 1. The van der Waals surface area contributed by atoms with E-state index in [-0.39, 0.29) is 42.2 Å². The first-order chi connectivity index (χ1) is 15.8. The lowest BCUT2D eigenvalue weighted by Gasteiger charge is -2.41. The maximum atomic E-state index is 14.1. The highest BCUT2D eigenvalue weighted by molar-refractivity contribution is 8.02. The summed E-state index contributed by atoms with van der Waals surface area (Å²) in [5, 5.41) is 10.3. The van der Waals surface area contributed by atoms with Crippen LogP contribution in [-0.4, -0.2) is 81.1 Å². The molecule has 2 bridgehead atoms. The SMILES string of the molecule is C=CCN(CCCC)C(=O)C1N([C@@H](CO)[C@@H](C)CC)C(=O)[C@@H]2[C@H](C(=O)OCC)[C@@H]3CCC12S3. The number of rotatable bonds is 12. The average Bonchev–Trinajstić information content (AvgIpc) is 3.44. The molecule has 2 unspecified atom stereocenters. The highest BCUT2D eigenvalue weighted by atomic mass is 32.2. The van der Waals surface area contributed by atoms with Gasteiger partial charge in [0.05, 0.1) is 35.8 Å². The van der Waals surface area contributed by atoms with Gasteiger partial charge in [-0.1, -0.05) is 39.7 Å². The predicted octanol–water partition coefficient (Wildman–Crippen LogP) is 2.86. The number of carbonyl (C=O) groups is 3. The monoisotopic (exact) mass is 480 g/mol. The molecule has 0 aromatic rings. The van der Waals surface area contributed by atoms with Crippen LogP contribution in [0.15, 0.2) is 12.7 Å². The van der Waals surface area contributed by atoms with Crippen LogP contribution < -0.4 is 0 Å². The summed E-state index contributed by atoms with van der Waals surface area (Å²) in [6, 6.07) is -1.15. The van der Waals surface area contributed by atoms with Crippen molar-refractivity contribution in [1.29, 1.82) is 0 Å². The number of likely N-dealkylation sites (tertiary alicyclic amines) is 1. The van der Waals surface area contributed by atoms with E-state index in [9.17, 15) is 19.5 Å². The molecule has 3 aliphatic rings. The van der Waals surface area contributed by atoms with Crippen LogP contribution in [0.3, 0.4) is 0 Å². The lowest BCUT2D eigenvalue weighted by molar-refractivity contribution is -0.154. The second kappa shape index (κ2) is 10.8. The molecule has 1 N–H and O–H groups in total. The van der Waals surface area contributed by atoms with E-state index in [0.717, 1.165) is 32.1 Å². The number of carbonyl (C=O) groups excluding carboxylic acids is 3. The molecule has 33 heavy (non-hydrogen) atoms. The smallest absolute Gasteiger partial charge is 0.310 e. The van der Waals surface area contributed by atoms with E-state index in [2.05, 4.69) is 13.5 Å². The van der Waals surface area contributed by atoms with Gasteiger partial charge in [0.15, 0.2) is 0 Å². The van der Waals surface area contributed by atoms with Gasteiger partial charge in [-0.05, 0) is 32.1 Å². The van der Waals surface area contributed by atoms with E-state index < -0.39 is 28.7 Å². The van der Waals surface area contributed by atoms with Gasteiger partial charge < -0.3 is 19.6 Å². The zero-order valence-corrected chi connectivity index (χ0v) is 21.3. The van der Waals surface area contributed by atoms with Crippen LogP contribution in [-0.2, 0) is 19.1 Å². The van der Waals surface area contributed by atoms with Crippen LogP contribution in [0.5, 0.6) is 0 Å². The van der Waals surface area contributed by atoms with Crippen molar-refractivity contribution in [2.45, 2.75) is 81.9 Å². The van der Waals surface area contributed by atoms with Crippen molar-refractivity contribution in [1.82, 2.24) is 9.80 Å². The zero-order chi connectivity index (χ0) is 24.3. The molecule has 7 nitrogen and oxygen atoms in total. The molecule has 3 heterocycles. The molecule has 0 aliphatic carbocycles. The van der Waals surface area contributed by atoms with Crippen LogP contribution in [0.2, 0.25) is 0 Å². The summed E-state index contributed by atoms with van der Waals surface area (Å²) < 4.78 is 4.73. The summed E-state index contributed by atoms with van der Waals surface area (Å²) in [6.07, 6.45) is 5.83. The number of hydrogen-bond donors (Lipinski definition) is 1.